The van der Waals surface area contributed by atoms with E-state index in [0.29, 0.717) is 24.6 Å². The molecule has 0 heterocycles. The highest BCUT2D eigenvalue weighted by Crippen LogP contribution is 2.26. The molecule has 2 rings (SSSR count). The Morgan fingerprint density at radius 2 is 1.86 bits per heavy atom. The molecule has 0 bridgehead atoms. The number of carbonyl (C=O) groups is 1. The number of hydrogen-bond donors (Lipinski definition) is 1. The summed E-state index contributed by atoms with van der Waals surface area (Å²) in [5, 5.41) is 8.71. The van der Waals surface area contributed by atoms with Gasteiger partial charge in [-0.2, -0.15) is 4.31 Å². The summed E-state index contributed by atoms with van der Waals surface area (Å²) in [5.41, 5.74) is 0.837. The fourth-order valence-corrected chi connectivity index (χ4v) is 5.52. The first-order valence-electron chi connectivity index (χ1n) is 9.07. The standard InChI is InChI=1S/C20H24BrNO5S2/c1-3-10-22(29(25,26)18-7-4-16(21)5-8-18)11-12-28-17-6-9-19(15(2)13-17)27-14-20(23)24/h4-9,13H,3,10-12,14H2,1-2H3,(H,23,24). The zero-order valence-electron chi connectivity index (χ0n) is 16.3. The Balaban J connectivity index is 2.01. The van der Waals surface area contributed by atoms with E-state index in [1.807, 2.05) is 26.0 Å². The predicted octanol–water partition coefficient (Wildman–Crippen LogP) is 4.41. The van der Waals surface area contributed by atoms with Crippen LogP contribution >= 0.6 is 27.7 Å². The smallest absolute Gasteiger partial charge is 0.341 e. The third-order valence-electron chi connectivity index (χ3n) is 4.03. The molecule has 2 aromatic carbocycles. The molecule has 0 radical (unpaired) electrons. The average molecular weight is 502 g/mol. The van der Waals surface area contributed by atoms with Crippen LogP contribution in [0.25, 0.3) is 0 Å². The van der Waals surface area contributed by atoms with E-state index in [2.05, 4.69) is 15.9 Å². The highest BCUT2D eigenvalue weighted by molar-refractivity contribution is 9.10. The van der Waals surface area contributed by atoms with E-state index in [0.717, 1.165) is 21.4 Å². The quantitative estimate of drug-likeness (QED) is 0.459. The molecule has 9 heteroatoms. The van der Waals surface area contributed by atoms with Gasteiger partial charge in [0.15, 0.2) is 6.61 Å². The zero-order valence-corrected chi connectivity index (χ0v) is 19.5. The largest absolute Gasteiger partial charge is 0.482 e. The molecule has 0 atom stereocenters. The molecule has 6 nitrogen and oxygen atoms in total. The normalized spacial score (nSPS) is 11.6. The first-order valence-corrected chi connectivity index (χ1v) is 12.3. The van der Waals surface area contributed by atoms with Gasteiger partial charge in [0.1, 0.15) is 5.75 Å². The summed E-state index contributed by atoms with van der Waals surface area (Å²) in [4.78, 5) is 11.9. The SMILES string of the molecule is CCCN(CCSc1ccc(OCC(=O)O)c(C)c1)S(=O)(=O)c1ccc(Br)cc1. The van der Waals surface area contributed by atoms with E-state index in [4.69, 9.17) is 9.84 Å². The monoisotopic (exact) mass is 501 g/mol. The van der Waals surface area contributed by atoms with Crippen molar-refractivity contribution < 1.29 is 23.1 Å². The molecule has 0 aromatic heterocycles. The fraction of sp³-hybridized carbons (Fsp3) is 0.350. The molecular formula is C20H24BrNO5S2. The van der Waals surface area contributed by atoms with E-state index in [1.165, 1.54) is 4.31 Å². The molecule has 0 fully saturated rings. The van der Waals surface area contributed by atoms with Gasteiger partial charge in [-0.25, -0.2) is 13.2 Å². The number of carboxylic acids is 1. The van der Waals surface area contributed by atoms with Crippen molar-refractivity contribution in [3.63, 3.8) is 0 Å². The van der Waals surface area contributed by atoms with Crippen LogP contribution in [0, 0.1) is 6.92 Å². The molecule has 0 amide bonds. The van der Waals surface area contributed by atoms with Crippen molar-refractivity contribution in [3.05, 3.63) is 52.5 Å². The van der Waals surface area contributed by atoms with Crippen LogP contribution in [0.15, 0.2) is 56.7 Å². The van der Waals surface area contributed by atoms with E-state index >= 15 is 0 Å². The average Bonchev–Trinajstić information content (AvgIpc) is 2.67. The first kappa shape index (κ1) is 23.7. The molecule has 0 aliphatic rings. The van der Waals surface area contributed by atoms with Crippen molar-refractivity contribution in [2.45, 2.75) is 30.1 Å². The van der Waals surface area contributed by atoms with Gasteiger partial charge in [-0.1, -0.05) is 22.9 Å². The minimum absolute atomic E-state index is 0.287. The molecule has 0 spiro atoms. The number of thioether (sulfide) groups is 1. The molecule has 29 heavy (non-hydrogen) atoms. The number of benzene rings is 2. The minimum atomic E-state index is -3.54. The highest BCUT2D eigenvalue weighted by Gasteiger charge is 2.23. The van der Waals surface area contributed by atoms with Crippen LogP contribution in [-0.2, 0) is 14.8 Å². The van der Waals surface area contributed by atoms with E-state index in [-0.39, 0.29) is 11.5 Å². The van der Waals surface area contributed by atoms with Gasteiger partial charge in [0.25, 0.3) is 0 Å². The number of aryl methyl sites for hydroxylation is 1. The van der Waals surface area contributed by atoms with Gasteiger partial charge in [-0.15, -0.1) is 11.8 Å². The Bertz CT molecular complexity index is 932. The van der Waals surface area contributed by atoms with Crippen molar-refractivity contribution in [1.29, 1.82) is 0 Å². The zero-order chi connectivity index (χ0) is 21.4. The van der Waals surface area contributed by atoms with Gasteiger partial charge in [0, 0.05) is 28.2 Å². The van der Waals surface area contributed by atoms with Crippen molar-refractivity contribution in [2.75, 3.05) is 25.4 Å². The third-order valence-corrected chi connectivity index (χ3v) is 7.45. The molecule has 0 saturated heterocycles. The maximum Gasteiger partial charge on any atom is 0.341 e. The Labute approximate surface area is 184 Å². The summed E-state index contributed by atoms with van der Waals surface area (Å²) in [5.74, 6) is 0.109. The summed E-state index contributed by atoms with van der Waals surface area (Å²) < 4.78 is 33.5. The highest BCUT2D eigenvalue weighted by atomic mass is 79.9. The molecule has 0 aliphatic carbocycles. The van der Waals surface area contributed by atoms with Crippen LogP contribution in [0.4, 0.5) is 0 Å². The number of sulfonamides is 1. The van der Waals surface area contributed by atoms with Crippen LogP contribution in [0.1, 0.15) is 18.9 Å². The Hall–Kier alpha value is -1.55. The summed E-state index contributed by atoms with van der Waals surface area (Å²) in [6, 6.07) is 12.2. The second kappa shape index (κ2) is 11.0. The van der Waals surface area contributed by atoms with Gasteiger partial charge in [-0.3, -0.25) is 0 Å². The van der Waals surface area contributed by atoms with Crippen LogP contribution < -0.4 is 4.74 Å². The van der Waals surface area contributed by atoms with Crippen LogP contribution in [-0.4, -0.2) is 49.2 Å². The van der Waals surface area contributed by atoms with Gasteiger partial charge >= 0.3 is 5.97 Å². The molecule has 0 saturated carbocycles. The van der Waals surface area contributed by atoms with E-state index in [9.17, 15) is 13.2 Å². The summed E-state index contributed by atoms with van der Waals surface area (Å²) in [6.07, 6.45) is 0.731. The molecule has 1 N–H and O–H groups in total. The molecule has 2 aromatic rings. The van der Waals surface area contributed by atoms with Crippen LogP contribution in [0.2, 0.25) is 0 Å². The second-order valence-electron chi connectivity index (χ2n) is 6.32. The number of hydrogen-bond acceptors (Lipinski definition) is 5. The Morgan fingerprint density at radius 1 is 1.17 bits per heavy atom. The summed E-state index contributed by atoms with van der Waals surface area (Å²) in [7, 11) is -3.54. The number of rotatable bonds is 11. The van der Waals surface area contributed by atoms with Gasteiger partial charge in [0.2, 0.25) is 10.0 Å². The number of halogens is 1. The van der Waals surface area contributed by atoms with Crippen LogP contribution in [0.5, 0.6) is 5.75 Å². The minimum Gasteiger partial charge on any atom is -0.482 e. The number of aliphatic carboxylic acids is 1. The number of carboxylic acid groups (broad SMARTS) is 1. The topological polar surface area (TPSA) is 83.9 Å². The predicted molar refractivity (Wildman–Crippen MR) is 118 cm³/mol. The Morgan fingerprint density at radius 3 is 2.45 bits per heavy atom. The maximum absolute atomic E-state index is 12.9. The summed E-state index contributed by atoms with van der Waals surface area (Å²) >= 11 is 4.88. The van der Waals surface area contributed by atoms with E-state index in [1.54, 1.807) is 42.1 Å². The summed E-state index contributed by atoms with van der Waals surface area (Å²) in [6.45, 7) is 4.28. The fourth-order valence-electron chi connectivity index (χ4n) is 2.64. The lowest BCUT2D eigenvalue weighted by molar-refractivity contribution is -0.139. The third kappa shape index (κ3) is 7.02. The molecule has 158 valence electrons. The number of nitrogens with zero attached hydrogens (tertiary/aromatic N) is 1. The molecule has 0 unspecified atom stereocenters. The van der Waals surface area contributed by atoms with Gasteiger partial charge in [0.05, 0.1) is 4.90 Å². The lowest BCUT2D eigenvalue weighted by Crippen LogP contribution is -2.33. The Kier molecular flexibility index (Phi) is 9.01. The molecular weight excluding hydrogens is 478 g/mol. The van der Waals surface area contributed by atoms with Crippen molar-refractivity contribution in [2.24, 2.45) is 0 Å². The lowest BCUT2D eigenvalue weighted by Gasteiger charge is -2.21. The van der Waals surface area contributed by atoms with Gasteiger partial charge in [-0.05, 0) is 61.4 Å². The van der Waals surface area contributed by atoms with Crippen LogP contribution in [0.3, 0.4) is 0 Å². The van der Waals surface area contributed by atoms with Crippen molar-refractivity contribution in [1.82, 2.24) is 4.31 Å². The second-order valence-corrected chi connectivity index (χ2v) is 10.3. The van der Waals surface area contributed by atoms with Gasteiger partial charge < -0.3 is 9.84 Å². The lowest BCUT2D eigenvalue weighted by atomic mass is 10.2. The maximum atomic E-state index is 12.9. The van der Waals surface area contributed by atoms with Crippen molar-refractivity contribution >= 4 is 43.7 Å². The van der Waals surface area contributed by atoms with Crippen molar-refractivity contribution in [3.8, 4) is 5.75 Å². The first-order chi connectivity index (χ1) is 13.7. The number of ether oxygens (including phenoxy) is 1. The molecule has 0 aliphatic heterocycles. The van der Waals surface area contributed by atoms with E-state index < -0.39 is 16.0 Å².